The highest BCUT2D eigenvalue weighted by Gasteiger charge is 2.14. The summed E-state index contributed by atoms with van der Waals surface area (Å²) in [4.78, 5) is 12.0. The second-order valence-electron chi connectivity index (χ2n) is 5.93. The summed E-state index contributed by atoms with van der Waals surface area (Å²) in [7, 11) is -2.09. The summed E-state index contributed by atoms with van der Waals surface area (Å²) >= 11 is 0. The molecule has 27 heavy (non-hydrogen) atoms. The monoisotopic (exact) mass is 392 g/mol. The number of aryl methyl sites for hydroxylation is 2. The van der Waals surface area contributed by atoms with Gasteiger partial charge in [-0.2, -0.15) is 0 Å². The van der Waals surface area contributed by atoms with Gasteiger partial charge in [-0.15, -0.1) is 0 Å². The quantitative estimate of drug-likeness (QED) is 0.635. The summed E-state index contributed by atoms with van der Waals surface area (Å²) in [5.41, 5.74) is 1.93. The Morgan fingerprint density at radius 3 is 2.37 bits per heavy atom. The van der Waals surface area contributed by atoms with E-state index in [0.29, 0.717) is 11.5 Å². The van der Waals surface area contributed by atoms with Gasteiger partial charge in [0, 0.05) is 13.1 Å². The molecule has 8 heteroatoms. The maximum atomic E-state index is 12.3. The van der Waals surface area contributed by atoms with Crippen molar-refractivity contribution in [3.63, 3.8) is 0 Å². The van der Waals surface area contributed by atoms with Gasteiger partial charge in [-0.1, -0.05) is 18.2 Å². The number of hydrogen-bond acceptors (Lipinski definition) is 5. The number of ether oxygens (including phenoxy) is 2. The molecule has 146 valence electrons. The minimum absolute atomic E-state index is 0.0790. The van der Waals surface area contributed by atoms with Crippen LogP contribution in [0.2, 0.25) is 0 Å². The van der Waals surface area contributed by atoms with Crippen molar-refractivity contribution in [1.29, 1.82) is 0 Å². The van der Waals surface area contributed by atoms with Crippen LogP contribution in [0.3, 0.4) is 0 Å². The van der Waals surface area contributed by atoms with Crippen LogP contribution in [0.1, 0.15) is 11.1 Å². The fourth-order valence-electron chi connectivity index (χ4n) is 2.28. The zero-order valence-electron chi connectivity index (χ0n) is 15.6. The molecule has 0 atom stereocenters. The molecule has 0 aromatic heterocycles. The Morgan fingerprint density at radius 1 is 1.00 bits per heavy atom. The van der Waals surface area contributed by atoms with Crippen molar-refractivity contribution in [2.24, 2.45) is 0 Å². The van der Waals surface area contributed by atoms with Gasteiger partial charge < -0.3 is 14.8 Å². The minimum atomic E-state index is -3.61. The average Bonchev–Trinajstić information content (AvgIpc) is 2.65. The Kier molecular flexibility index (Phi) is 7.20. The van der Waals surface area contributed by atoms with Gasteiger partial charge in [-0.05, 0) is 49.2 Å². The smallest absolute Gasteiger partial charge is 0.257 e. The van der Waals surface area contributed by atoms with Gasteiger partial charge >= 0.3 is 0 Å². The predicted molar refractivity (Wildman–Crippen MR) is 103 cm³/mol. The molecular formula is C19H24N2O5S. The lowest BCUT2D eigenvalue weighted by molar-refractivity contribution is -0.123. The van der Waals surface area contributed by atoms with E-state index in [1.165, 1.54) is 7.11 Å². The molecular weight excluding hydrogens is 368 g/mol. The van der Waals surface area contributed by atoms with Crippen molar-refractivity contribution in [2.75, 3.05) is 26.8 Å². The highest BCUT2D eigenvalue weighted by atomic mass is 32.2. The van der Waals surface area contributed by atoms with Gasteiger partial charge in [0.15, 0.2) is 18.1 Å². The molecule has 0 saturated heterocycles. The Balaban J connectivity index is 1.77. The van der Waals surface area contributed by atoms with Gasteiger partial charge in [0.05, 0.1) is 12.0 Å². The number of carbonyl (C=O) groups excluding carboxylic acids is 1. The first-order valence-electron chi connectivity index (χ1n) is 8.43. The van der Waals surface area contributed by atoms with Crippen molar-refractivity contribution in [1.82, 2.24) is 10.0 Å². The van der Waals surface area contributed by atoms with Crippen LogP contribution in [0, 0.1) is 13.8 Å². The van der Waals surface area contributed by atoms with E-state index in [1.807, 2.05) is 13.8 Å². The first kappa shape index (κ1) is 20.7. The summed E-state index contributed by atoms with van der Waals surface area (Å²) in [6.45, 7) is 3.82. The molecule has 7 nitrogen and oxygen atoms in total. The summed E-state index contributed by atoms with van der Waals surface area (Å²) in [5.74, 6) is 0.642. The van der Waals surface area contributed by atoms with E-state index in [0.717, 1.165) is 11.1 Å². The maximum Gasteiger partial charge on any atom is 0.257 e. The minimum Gasteiger partial charge on any atom is -0.493 e. The lowest BCUT2D eigenvalue weighted by Gasteiger charge is -2.11. The molecule has 2 N–H and O–H groups in total. The lowest BCUT2D eigenvalue weighted by atomic mass is 10.1. The molecule has 0 unspecified atom stereocenters. The van der Waals surface area contributed by atoms with Crippen molar-refractivity contribution in [3.8, 4) is 11.5 Å². The predicted octanol–water partition coefficient (Wildman–Crippen LogP) is 1.79. The molecule has 1 amide bonds. The van der Waals surface area contributed by atoms with Crippen LogP contribution in [-0.4, -0.2) is 41.1 Å². The number of nitrogens with one attached hydrogen (secondary N) is 2. The van der Waals surface area contributed by atoms with Crippen LogP contribution in [0.25, 0.3) is 0 Å². The van der Waals surface area contributed by atoms with E-state index in [9.17, 15) is 13.2 Å². The van der Waals surface area contributed by atoms with E-state index in [2.05, 4.69) is 10.0 Å². The summed E-state index contributed by atoms with van der Waals surface area (Å²) in [6, 6.07) is 12.0. The molecule has 0 saturated carbocycles. The van der Waals surface area contributed by atoms with E-state index in [1.54, 1.807) is 42.5 Å². The molecule has 2 rings (SSSR count). The largest absolute Gasteiger partial charge is 0.493 e. The first-order valence-corrected chi connectivity index (χ1v) is 9.91. The van der Waals surface area contributed by atoms with Crippen molar-refractivity contribution < 1.29 is 22.7 Å². The fraction of sp³-hybridized carbons (Fsp3) is 0.316. The second kappa shape index (κ2) is 9.38. The van der Waals surface area contributed by atoms with Crippen molar-refractivity contribution in [3.05, 3.63) is 53.6 Å². The van der Waals surface area contributed by atoms with Crippen LogP contribution < -0.4 is 19.5 Å². The zero-order chi connectivity index (χ0) is 19.9. The normalized spacial score (nSPS) is 11.1. The van der Waals surface area contributed by atoms with E-state index < -0.39 is 10.0 Å². The highest BCUT2D eigenvalue weighted by molar-refractivity contribution is 7.89. The second-order valence-corrected chi connectivity index (χ2v) is 7.70. The van der Waals surface area contributed by atoms with Gasteiger partial charge in [-0.3, -0.25) is 4.79 Å². The molecule has 0 aliphatic heterocycles. The first-order chi connectivity index (χ1) is 12.8. The third-order valence-corrected chi connectivity index (χ3v) is 5.41. The fourth-order valence-corrected chi connectivity index (χ4v) is 3.40. The van der Waals surface area contributed by atoms with Gasteiger partial charge in [0.1, 0.15) is 0 Å². The molecule has 0 heterocycles. The molecule has 0 bridgehead atoms. The lowest BCUT2D eigenvalue weighted by Crippen LogP contribution is -2.36. The number of para-hydroxylation sites is 2. The molecule has 0 aliphatic rings. The number of methoxy groups -OCH3 is 1. The average molecular weight is 392 g/mol. The molecule has 2 aromatic rings. The van der Waals surface area contributed by atoms with Crippen LogP contribution in [-0.2, 0) is 14.8 Å². The van der Waals surface area contributed by atoms with Gasteiger partial charge in [-0.25, -0.2) is 13.1 Å². The Labute approximate surface area is 159 Å². The number of benzene rings is 2. The number of hydrogen-bond donors (Lipinski definition) is 2. The number of rotatable bonds is 9. The zero-order valence-corrected chi connectivity index (χ0v) is 16.4. The van der Waals surface area contributed by atoms with Crippen molar-refractivity contribution in [2.45, 2.75) is 18.7 Å². The van der Waals surface area contributed by atoms with Crippen LogP contribution in [0.15, 0.2) is 47.4 Å². The molecule has 0 spiro atoms. The number of carbonyl (C=O) groups is 1. The van der Waals surface area contributed by atoms with Gasteiger partial charge in [0.2, 0.25) is 10.0 Å². The van der Waals surface area contributed by atoms with Crippen molar-refractivity contribution >= 4 is 15.9 Å². The Bertz CT molecular complexity index is 897. The summed E-state index contributed by atoms with van der Waals surface area (Å²) in [6.07, 6.45) is 0. The standard InChI is InChI=1S/C19H24N2O5S/c1-14-8-9-16(12-15(14)2)27(23,24)21-11-10-20-19(22)13-26-18-7-5-4-6-17(18)25-3/h4-9,12,21H,10-11,13H2,1-3H3,(H,20,22). The van der Waals surface area contributed by atoms with E-state index in [4.69, 9.17) is 9.47 Å². The third kappa shape index (κ3) is 5.97. The van der Waals surface area contributed by atoms with Gasteiger partial charge in [0.25, 0.3) is 5.91 Å². The maximum absolute atomic E-state index is 12.3. The molecule has 0 fully saturated rings. The van der Waals surface area contributed by atoms with Crippen LogP contribution >= 0.6 is 0 Å². The highest BCUT2D eigenvalue weighted by Crippen LogP contribution is 2.25. The number of amides is 1. The third-order valence-electron chi connectivity index (χ3n) is 3.96. The Hall–Kier alpha value is -2.58. The summed E-state index contributed by atoms with van der Waals surface area (Å²) < 4.78 is 37.5. The van der Waals surface area contributed by atoms with Crippen LogP contribution in [0.5, 0.6) is 11.5 Å². The molecule has 0 aliphatic carbocycles. The SMILES string of the molecule is COc1ccccc1OCC(=O)NCCNS(=O)(=O)c1ccc(C)c(C)c1. The van der Waals surface area contributed by atoms with E-state index >= 15 is 0 Å². The van der Waals surface area contributed by atoms with E-state index in [-0.39, 0.29) is 30.5 Å². The molecule has 2 aromatic carbocycles. The van der Waals surface area contributed by atoms with Crippen LogP contribution in [0.4, 0.5) is 0 Å². The molecule has 0 radical (unpaired) electrons. The Morgan fingerprint density at radius 2 is 1.70 bits per heavy atom. The topological polar surface area (TPSA) is 93.7 Å². The summed E-state index contributed by atoms with van der Waals surface area (Å²) in [5, 5.41) is 2.60. The number of sulfonamides is 1.